The summed E-state index contributed by atoms with van der Waals surface area (Å²) in [7, 11) is 0. The van der Waals surface area contributed by atoms with Crippen molar-refractivity contribution < 1.29 is 0 Å². The molecule has 2 aromatic heterocycles. The van der Waals surface area contributed by atoms with Crippen LogP contribution in [0.25, 0.3) is 0 Å². The molecule has 1 atom stereocenters. The maximum absolute atomic E-state index is 5.99. The molecule has 0 saturated heterocycles. The Kier molecular flexibility index (Phi) is 3.25. The minimum absolute atomic E-state index is 0.169. The molecule has 1 unspecified atom stereocenters. The quantitative estimate of drug-likeness (QED) is 0.793. The number of aromatic nitrogens is 4. The van der Waals surface area contributed by atoms with Gasteiger partial charge in [0.15, 0.2) is 5.82 Å². The Hall–Kier alpha value is -0.940. The van der Waals surface area contributed by atoms with Crippen molar-refractivity contribution in [3.05, 3.63) is 27.2 Å². The standard InChI is InChI=1S/C10H13ClN4S/c1-6-4-9(16-8(6)3)5-15-10(7(2)11)12-13-14-15/h4,7H,5H2,1-3H3. The van der Waals surface area contributed by atoms with Crippen LogP contribution in [0.1, 0.15) is 33.4 Å². The Morgan fingerprint density at radius 2 is 2.25 bits per heavy atom. The fourth-order valence-corrected chi connectivity index (χ4v) is 2.68. The lowest BCUT2D eigenvalue weighted by atomic mass is 10.3. The van der Waals surface area contributed by atoms with Crippen molar-refractivity contribution in [2.24, 2.45) is 0 Å². The highest BCUT2D eigenvalue weighted by Gasteiger charge is 2.13. The number of hydrogen-bond donors (Lipinski definition) is 0. The summed E-state index contributed by atoms with van der Waals surface area (Å²) in [6.45, 7) is 6.79. The summed E-state index contributed by atoms with van der Waals surface area (Å²) in [4.78, 5) is 2.59. The molecule has 0 saturated carbocycles. The molecule has 2 heterocycles. The van der Waals surface area contributed by atoms with Gasteiger partial charge in [0.05, 0.1) is 11.9 Å². The van der Waals surface area contributed by atoms with E-state index in [9.17, 15) is 0 Å². The van der Waals surface area contributed by atoms with Gasteiger partial charge in [0.25, 0.3) is 0 Å². The van der Waals surface area contributed by atoms with Crippen LogP contribution in [0, 0.1) is 13.8 Å². The van der Waals surface area contributed by atoms with Crippen LogP contribution >= 0.6 is 22.9 Å². The van der Waals surface area contributed by atoms with Crippen LogP contribution in [0.15, 0.2) is 6.07 Å². The molecule has 4 nitrogen and oxygen atoms in total. The molecule has 0 aliphatic heterocycles. The molecule has 0 aromatic carbocycles. The molecule has 0 N–H and O–H groups in total. The van der Waals surface area contributed by atoms with Crippen molar-refractivity contribution in [1.82, 2.24) is 20.2 Å². The first kappa shape index (κ1) is 11.5. The van der Waals surface area contributed by atoms with Crippen molar-refractivity contribution in [2.45, 2.75) is 32.7 Å². The lowest BCUT2D eigenvalue weighted by Gasteiger charge is -2.03. The van der Waals surface area contributed by atoms with E-state index < -0.39 is 0 Å². The minimum Gasteiger partial charge on any atom is -0.223 e. The van der Waals surface area contributed by atoms with Gasteiger partial charge in [0.1, 0.15) is 0 Å². The molecule has 2 aromatic rings. The summed E-state index contributed by atoms with van der Waals surface area (Å²) in [5, 5.41) is 11.3. The molecule has 2 rings (SSSR count). The van der Waals surface area contributed by atoms with Crippen LogP contribution in [0.5, 0.6) is 0 Å². The minimum atomic E-state index is -0.169. The number of thiophene rings is 1. The van der Waals surface area contributed by atoms with Gasteiger partial charge in [-0.15, -0.1) is 28.0 Å². The molecule has 0 bridgehead atoms. The fourth-order valence-electron chi connectivity index (χ4n) is 1.48. The van der Waals surface area contributed by atoms with Crippen molar-refractivity contribution in [2.75, 3.05) is 0 Å². The third-order valence-electron chi connectivity index (χ3n) is 2.44. The summed E-state index contributed by atoms with van der Waals surface area (Å²) < 4.78 is 1.75. The number of aryl methyl sites for hydroxylation is 2. The number of tetrazole rings is 1. The van der Waals surface area contributed by atoms with E-state index >= 15 is 0 Å². The zero-order valence-electron chi connectivity index (χ0n) is 9.44. The summed E-state index contributed by atoms with van der Waals surface area (Å²) in [6, 6.07) is 2.17. The molecule has 0 spiro atoms. The summed E-state index contributed by atoms with van der Waals surface area (Å²) in [6.07, 6.45) is 0. The topological polar surface area (TPSA) is 43.6 Å². The smallest absolute Gasteiger partial charge is 0.169 e. The zero-order chi connectivity index (χ0) is 11.7. The fraction of sp³-hybridized carbons (Fsp3) is 0.500. The highest BCUT2D eigenvalue weighted by atomic mass is 35.5. The molecule has 0 amide bonds. The Labute approximate surface area is 103 Å². The lowest BCUT2D eigenvalue weighted by Crippen LogP contribution is -2.06. The number of nitrogens with zero attached hydrogens (tertiary/aromatic N) is 4. The Bertz CT molecular complexity index is 469. The SMILES string of the molecule is Cc1cc(Cn2nnnc2C(C)Cl)sc1C. The molecule has 0 fully saturated rings. The van der Waals surface area contributed by atoms with Crippen LogP contribution in [0.4, 0.5) is 0 Å². The first-order valence-electron chi connectivity index (χ1n) is 5.04. The van der Waals surface area contributed by atoms with E-state index in [1.54, 1.807) is 16.0 Å². The van der Waals surface area contributed by atoms with Crippen molar-refractivity contribution in [3.8, 4) is 0 Å². The van der Waals surface area contributed by atoms with E-state index in [0.717, 1.165) is 0 Å². The van der Waals surface area contributed by atoms with Crippen molar-refractivity contribution in [1.29, 1.82) is 0 Å². The average Bonchev–Trinajstić information content (AvgIpc) is 2.75. The summed E-state index contributed by atoms with van der Waals surface area (Å²) in [5.41, 5.74) is 1.31. The van der Waals surface area contributed by atoms with Gasteiger partial charge in [0.2, 0.25) is 0 Å². The molecule has 16 heavy (non-hydrogen) atoms. The third kappa shape index (κ3) is 2.25. The second kappa shape index (κ2) is 4.51. The summed E-state index contributed by atoms with van der Waals surface area (Å²) >= 11 is 7.77. The van der Waals surface area contributed by atoms with E-state index in [2.05, 4.69) is 35.4 Å². The van der Waals surface area contributed by atoms with Crippen LogP contribution in [-0.2, 0) is 6.54 Å². The number of alkyl halides is 1. The van der Waals surface area contributed by atoms with E-state index in [0.29, 0.717) is 12.4 Å². The first-order valence-corrected chi connectivity index (χ1v) is 6.29. The predicted octanol–water partition coefficient (Wildman–Crippen LogP) is 2.70. The highest BCUT2D eigenvalue weighted by Crippen LogP contribution is 2.23. The molecule has 0 radical (unpaired) electrons. The molecule has 0 aliphatic carbocycles. The third-order valence-corrected chi connectivity index (χ3v) is 3.77. The van der Waals surface area contributed by atoms with Gasteiger partial charge in [-0.25, -0.2) is 4.68 Å². The second-order valence-electron chi connectivity index (χ2n) is 3.76. The van der Waals surface area contributed by atoms with Crippen LogP contribution in [-0.4, -0.2) is 20.2 Å². The molecular weight excluding hydrogens is 244 g/mol. The van der Waals surface area contributed by atoms with Gasteiger partial charge in [0, 0.05) is 9.75 Å². The van der Waals surface area contributed by atoms with E-state index in [4.69, 9.17) is 11.6 Å². The molecule has 0 aliphatic rings. The Morgan fingerprint density at radius 3 is 2.81 bits per heavy atom. The number of rotatable bonds is 3. The number of hydrogen-bond acceptors (Lipinski definition) is 4. The van der Waals surface area contributed by atoms with Gasteiger partial charge in [-0.1, -0.05) is 0 Å². The maximum atomic E-state index is 5.99. The first-order chi connectivity index (χ1) is 7.58. The molecule has 86 valence electrons. The van der Waals surface area contributed by atoms with Crippen LogP contribution < -0.4 is 0 Å². The largest absolute Gasteiger partial charge is 0.223 e. The maximum Gasteiger partial charge on any atom is 0.169 e. The van der Waals surface area contributed by atoms with Crippen molar-refractivity contribution in [3.63, 3.8) is 0 Å². The summed E-state index contributed by atoms with van der Waals surface area (Å²) in [5.74, 6) is 0.713. The lowest BCUT2D eigenvalue weighted by molar-refractivity contribution is 0.623. The van der Waals surface area contributed by atoms with Gasteiger partial charge in [-0.2, -0.15) is 0 Å². The second-order valence-corrected chi connectivity index (χ2v) is 5.76. The van der Waals surface area contributed by atoms with E-state index in [1.165, 1.54) is 15.3 Å². The van der Waals surface area contributed by atoms with Gasteiger partial charge >= 0.3 is 0 Å². The predicted molar refractivity (Wildman–Crippen MR) is 65.0 cm³/mol. The number of halogens is 1. The van der Waals surface area contributed by atoms with Gasteiger partial charge in [-0.05, 0) is 42.8 Å². The van der Waals surface area contributed by atoms with E-state index in [1.807, 2.05) is 6.92 Å². The van der Waals surface area contributed by atoms with Crippen LogP contribution in [0.2, 0.25) is 0 Å². The average molecular weight is 257 g/mol. The van der Waals surface area contributed by atoms with Crippen molar-refractivity contribution >= 4 is 22.9 Å². The molecule has 6 heteroatoms. The monoisotopic (exact) mass is 256 g/mol. The Morgan fingerprint density at radius 1 is 1.50 bits per heavy atom. The zero-order valence-corrected chi connectivity index (χ0v) is 11.0. The van der Waals surface area contributed by atoms with E-state index in [-0.39, 0.29) is 5.38 Å². The van der Waals surface area contributed by atoms with Crippen LogP contribution in [0.3, 0.4) is 0 Å². The normalized spacial score (nSPS) is 13.0. The molecular formula is C10H13ClN4S. The van der Waals surface area contributed by atoms with Gasteiger partial charge in [-0.3, -0.25) is 0 Å². The highest BCUT2D eigenvalue weighted by molar-refractivity contribution is 7.12. The van der Waals surface area contributed by atoms with Gasteiger partial charge < -0.3 is 0 Å². The Balaban J connectivity index is 2.23.